The predicted octanol–water partition coefficient (Wildman–Crippen LogP) is 0.970. The lowest BCUT2D eigenvalue weighted by atomic mass is 9.86. The summed E-state index contributed by atoms with van der Waals surface area (Å²) in [5.41, 5.74) is 1.04. The van der Waals surface area contributed by atoms with Crippen molar-refractivity contribution in [3.05, 3.63) is 29.8 Å². The van der Waals surface area contributed by atoms with Crippen LogP contribution in [0.5, 0.6) is 0 Å². The van der Waals surface area contributed by atoms with E-state index in [2.05, 4.69) is 12.2 Å². The second-order valence-corrected chi connectivity index (χ2v) is 9.90. The molecule has 1 aromatic carbocycles. The Balaban J connectivity index is 1.50. The van der Waals surface area contributed by atoms with E-state index in [9.17, 15) is 13.2 Å². The fraction of sp³-hybridized carbons (Fsp3) is 0.650. The second-order valence-electron chi connectivity index (χ2n) is 7.96. The predicted molar refractivity (Wildman–Crippen MR) is 105 cm³/mol. The van der Waals surface area contributed by atoms with E-state index in [-0.39, 0.29) is 5.91 Å². The molecule has 0 spiro atoms. The number of quaternary nitrogens is 1. The number of benzene rings is 1. The minimum atomic E-state index is -3.48. The van der Waals surface area contributed by atoms with Gasteiger partial charge in [-0.05, 0) is 38.3 Å². The van der Waals surface area contributed by atoms with Crippen LogP contribution in [-0.4, -0.2) is 62.3 Å². The normalized spacial score (nSPS) is 24.7. The van der Waals surface area contributed by atoms with E-state index in [1.165, 1.54) is 30.0 Å². The van der Waals surface area contributed by atoms with Crippen LogP contribution in [0.3, 0.4) is 0 Å². The standard InChI is InChI=1S/C20H31N3O3S/c1-16-7-9-18(10-8-16)27(25,26)23-13-11-22(12-14-23)20(24)15-21-19-6-4-3-5-17(19)2/h7-10,17,19,21H,3-6,11-15H2,1-2H3/p+1/t17-,19+/m1/s1. The Hall–Kier alpha value is -1.44. The minimum absolute atomic E-state index is 0.125. The highest BCUT2D eigenvalue weighted by atomic mass is 32.2. The highest BCUT2D eigenvalue weighted by molar-refractivity contribution is 7.89. The molecule has 0 aromatic heterocycles. The van der Waals surface area contributed by atoms with Crippen molar-refractivity contribution in [2.24, 2.45) is 5.92 Å². The third-order valence-electron chi connectivity index (χ3n) is 6.02. The zero-order valence-corrected chi connectivity index (χ0v) is 17.2. The van der Waals surface area contributed by atoms with Gasteiger partial charge in [-0.15, -0.1) is 0 Å². The molecule has 7 heteroatoms. The monoisotopic (exact) mass is 394 g/mol. The van der Waals surface area contributed by atoms with Gasteiger partial charge in [0.25, 0.3) is 5.91 Å². The molecule has 1 saturated carbocycles. The van der Waals surface area contributed by atoms with Crippen molar-refractivity contribution in [2.45, 2.75) is 50.5 Å². The number of carbonyl (C=O) groups excluding carboxylic acids is 1. The molecule has 1 heterocycles. The van der Waals surface area contributed by atoms with E-state index >= 15 is 0 Å². The summed E-state index contributed by atoms with van der Waals surface area (Å²) in [6.45, 7) is 6.35. The van der Waals surface area contributed by atoms with E-state index in [1.54, 1.807) is 12.1 Å². The van der Waals surface area contributed by atoms with Gasteiger partial charge >= 0.3 is 0 Å². The summed E-state index contributed by atoms with van der Waals surface area (Å²) in [7, 11) is -3.48. The molecule has 1 aliphatic carbocycles. The van der Waals surface area contributed by atoms with Crippen LogP contribution < -0.4 is 5.32 Å². The second kappa shape index (κ2) is 8.71. The van der Waals surface area contributed by atoms with Gasteiger partial charge in [0, 0.05) is 32.1 Å². The quantitative estimate of drug-likeness (QED) is 0.809. The zero-order valence-electron chi connectivity index (χ0n) is 16.4. The van der Waals surface area contributed by atoms with Crippen molar-refractivity contribution < 1.29 is 18.5 Å². The summed E-state index contributed by atoms with van der Waals surface area (Å²) in [5.74, 6) is 0.795. The molecule has 2 N–H and O–H groups in total. The summed E-state index contributed by atoms with van der Waals surface area (Å²) in [6.07, 6.45) is 5.01. The van der Waals surface area contributed by atoms with Crippen molar-refractivity contribution in [1.82, 2.24) is 9.21 Å². The molecule has 150 valence electrons. The van der Waals surface area contributed by atoms with Gasteiger partial charge in [0.05, 0.1) is 10.9 Å². The lowest BCUT2D eigenvalue weighted by molar-refractivity contribution is -0.688. The van der Waals surface area contributed by atoms with Gasteiger partial charge in [-0.2, -0.15) is 4.31 Å². The topological polar surface area (TPSA) is 74.3 Å². The third-order valence-corrected chi connectivity index (χ3v) is 7.94. The maximum Gasteiger partial charge on any atom is 0.277 e. The largest absolute Gasteiger partial charge is 0.336 e. The lowest BCUT2D eigenvalue weighted by Gasteiger charge is -2.34. The van der Waals surface area contributed by atoms with Crippen LogP contribution in [0.25, 0.3) is 0 Å². The first-order valence-electron chi connectivity index (χ1n) is 10.1. The number of amides is 1. The molecular weight excluding hydrogens is 362 g/mol. The van der Waals surface area contributed by atoms with Crippen molar-refractivity contribution in [3.63, 3.8) is 0 Å². The van der Waals surface area contributed by atoms with E-state index in [4.69, 9.17) is 0 Å². The highest BCUT2D eigenvalue weighted by Gasteiger charge is 2.31. The molecule has 27 heavy (non-hydrogen) atoms. The number of rotatable bonds is 5. The van der Waals surface area contributed by atoms with Crippen LogP contribution in [0.15, 0.2) is 29.2 Å². The molecule has 3 rings (SSSR count). The Labute approximate surface area is 163 Å². The van der Waals surface area contributed by atoms with Crippen molar-refractivity contribution in [2.75, 3.05) is 32.7 Å². The molecule has 0 unspecified atom stereocenters. The molecule has 2 fully saturated rings. The summed E-state index contributed by atoms with van der Waals surface area (Å²) in [6, 6.07) is 7.49. The minimum Gasteiger partial charge on any atom is -0.336 e. The van der Waals surface area contributed by atoms with Gasteiger partial charge in [0.2, 0.25) is 10.0 Å². The molecule has 1 aromatic rings. The van der Waals surface area contributed by atoms with Crippen molar-refractivity contribution in [3.8, 4) is 0 Å². The molecule has 2 aliphatic rings. The van der Waals surface area contributed by atoms with Crippen LogP contribution in [0.2, 0.25) is 0 Å². The maximum atomic E-state index is 12.8. The number of piperazine rings is 1. The summed E-state index contributed by atoms with van der Waals surface area (Å²) >= 11 is 0. The number of nitrogens with zero attached hydrogens (tertiary/aromatic N) is 2. The van der Waals surface area contributed by atoms with Crippen LogP contribution in [0.1, 0.15) is 38.2 Å². The average Bonchev–Trinajstić information content (AvgIpc) is 2.67. The molecule has 6 nitrogen and oxygen atoms in total. The Bertz CT molecular complexity index is 740. The average molecular weight is 395 g/mol. The van der Waals surface area contributed by atoms with Crippen molar-refractivity contribution >= 4 is 15.9 Å². The summed E-state index contributed by atoms with van der Waals surface area (Å²) in [5, 5.41) is 2.20. The first-order valence-corrected chi connectivity index (χ1v) is 11.5. The lowest BCUT2D eigenvalue weighted by Crippen LogP contribution is -2.93. The smallest absolute Gasteiger partial charge is 0.277 e. The van der Waals surface area contributed by atoms with Crippen LogP contribution >= 0.6 is 0 Å². The molecule has 2 atom stereocenters. The highest BCUT2D eigenvalue weighted by Crippen LogP contribution is 2.21. The fourth-order valence-corrected chi connectivity index (χ4v) is 5.54. The Morgan fingerprint density at radius 2 is 1.70 bits per heavy atom. The Morgan fingerprint density at radius 3 is 2.33 bits per heavy atom. The Kier molecular flexibility index (Phi) is 6.55. The number of hydrogen-bond acceptors (Lipinski definition) is 3. The number of nitrogens with two attached hydrogens (primary N) is 1. The summed E-state index contributed by atoms with van der Waals surface area (Å²) in [4.78, 5) is 14.7. The van der Waals surface area contributed by atoms with E-state index in [1.807, 2.05) is 24.0 Å². The number of sulfonamides is 1. The van der Waals surface area contributed by atoms with Gasteiger partial charge in [0.15, 0.2) is 6.54 Å². The molecular formula is C20H32N3O3S+. The molecule has 0 bridgehead atoms. The van der Waals surface area contributed by atoms with Gasteiger partial charge in [-0.25, -0.2) is 8.42 Å². The molecule has 0 radical (unpaired) electrons. The Morgan fingerprint density at radius 1 is 1.07 bits per heavy atom. The number of aryl methyl sites for hydroxylation is 1. The van der Waals surface area contributed by atoms with Gasteiger partial charge in [-0.3, -0.25) is 4.79 Å². The van der Waals surface area contributed by atoms with Crippen LogP contribution in [0.4, 0.5) is 0 Å². The zero-order chi connectivity index (χ0) is 19.4. The van der Waals surface area contributed by atoms with E-state index in [0.29, 0.717) is 49.6 Å². The number of hydrogen-bond donors (Lipinski definition) is 1. The van der Waals surface area contributed by atoms with E-state index in [0.717, 1.165) is 5.56 Å². The first kappa shape index (κ1) is 20.3. The fourth-order valence-electron chi connectivity index (χ4n) is 4.11. The molecule has 1 amide bonds. The third kappa shape index (κ3) is 4.89. The first-order chi connectivity index (χ1) is 12.9. The van der Waals surface area contributed by atoms with Gasteiger partial charge < -0.3 is 10.2 Å². The maximum absolute atomic E-state index is 12.8. The van der Waals surface area contributed by atoms with Crippen LogP contribution in [-0.2, 0) is 14.8 Å². The van der Waals surface area contributed by atoms with Crippen LogP contribution in [0, 0.1) is 12.8 Å². The van der Waals surface area contributed by atoms with Gasteiger partial charge in [0.1, 0.15) is 0 Å². The number of carbonyl (C=O) groups is 1. The SMILES string of the molecule is Cc1ccc(S(=O)(=O)N2CCN(C(=O)C[NH2+][C@H]3CCCC[C@H]3C)CC2)cc1. The molecule has 1 aliphatic heterocycles. The van der Waals surface area contributed by atoms with Crippen molar-refractivity contribution in [1.29, 1.82) is 0 Å². The van der Waals surface area contributed by atoms with Gasteiger partial charge in [-0.1, -0.05) is 31.0 Å². The summed E-state index contributed by atoms with van der Waals surface area (Å²) < 4.78 is 27.0. The molecule has 1 saturated heterocycles. The van der Waals surface area contributed by atoms with E-state index < -0.39 is 10.0 Å².